The Bertz CT molecular complexity index is 572. The van der Waals surface area contributed by atoms with Crippen molar-refractivity contribution in [2.45, 2.75) is 27.2 Å². The number of aromatic nitrogens is 2. The first-order valence-electron chi connectivity index (χ1n) is 6.59. The van der Waals surface area contributed by atoms with Gasteiger partial charge in [0.1, 0.15) is 6.29 Å². The van der Waals surface area contributed by atoms with E-state index in [4.69, 9.17) is 5.11 Å². The largest absolute Gasteiger partial charge is 0.481 e. The Morgan fingerprint density at radius 2 is 1.95 bits per heavy atom. The van der Waals surface area contributed by atoms with Gasteiger partial charge in [-0.25, -0.2) is 4.98 Å². The van der Waals surface area contributed by atoms with Crippen LogP contribution in [0.2, 0.25) is 0 Å². The molecule has 0 saturated heterocycles. The number of carbonyl (C=O) groups is 2. The highest BCUT2D eigenvalue weighted by molar-refractivity contribution is 5.76. The minimum absolute atomic E-state index is 0.0718. The van der Waals surface area contributed by atoms with E-state index in [1.54, 1.807) is 12.5 Å². The molecular formula is C16H20N2O3. The van der Waals surface area contributed by atoms with E-state index in [0.717, 1.165) is 5.69 Å². The van der Waals surface area contributed by atoms with Gasteiger partial charge in [-0.1, -0.05) is 17.7 Å². The summed E-state index contributed by atoms with van der Waals surface area (Å²) in [6.45, 7) is 5.12. The van der Waals surface area contributed by atoms with E-state index < -0.39 is 11.4 Å². The lowest BCUT2D eigenvalue weighted by molar-refractivity contribution is -0.148. The fraction of sp³-hybridized carbons (Fsp3) is 0.312. The Morgan fingerprint density at radius 3 is 2.33 bits per heavy atom. The van der Waals surface area contributed by atoms with Crippen LogP contribution in [0, 0.1) is 12.3 Å². The van der Waals surface area contributed by atoms with Crippen LogP contribution in [0.25, 0.3) is 5.69 Å². The summed E-state index contributed by atoms with van der Waals surface area (Å²) in [4.78, 5) is 24.1. The molecule has 0 radical (unpaired) electrons. The van der Waals surface area contributed by atoms with Gasteiger partial charge in [-0.05, 0) is 32.9 Å². The van der Waals surface area contributed by atoms with Crippen LogP contribution in [0.15, 0.2) is 43.0 Å². The second kappa shape index (κ2) is 7.38. The van der Waals surface area contributed by atoms with Gasteiger partial charge in [0.05, 0.1) is 11.7 Å². The van der Waals surface area contributed by atoms with Gasteiger partial charge in [-0.15, -0.1) is 0 Å². The number of aldehydes is 1. The number of benzene rings is 1. The maximum Gasteiger partial charge on any atom is 0.309 e. The normalized spacial score (nSPS) is 10.4. The third-order valence-electron chi connectivity index (χ3n) is 3.01. The first-order valence-corrected chi connectivity index (χ1v) is 6.59. The summed E-state index contributed by atoms with van der Waals surface area (Å²) in [7, 11) is 0. The summed E-state index contributed by atoms with van der Waals surface area (Å²) in [5, 5.41) is 8.41. The molecule has 0 aliphatic heterocycles. The van der Waals surface area contributed by atoms with E-state index in [-0.39, 0.29) is 6.42 Å². The molecule has 2 rings (SSSR count). The predicted molar refractivity (Wildman–Crippen MR) is 80.4 cm³/mol. The molecule has 21 heavy (non-hydrogen) atoms. The molecule has 0 fully saturated rings. The van der Waals surface area contributed by atoms with E-state index in [1.165, 1.54) is 19.4 Å². The highest BCUT2D eigenvalue weighted by Crippen LogP contribution is 2.17. The van der Waals surface area contributed by atoms with E-state index >= 15 is 0 Å². The number of carboxylic acids is 1. The Kier molecular flexibility index (Phi) is 5.84. The molecule has 0 bridgehead atoms. The zero-order chi connectivity index (χ0) is 15.9. The maximum atomic E-state index is 10.3. The summed E-state index contributed by atoms with van der Waals surface area (Å²) < 4.78 is 1.99. The molecular weight excluding hydrogens is 268 g/mol. The van der Waals surface area contributed by atoms with Crippen molar-refractivity contribution < 1.29 is 14.7 Å². The van der Waals surface area contributed by atoms with Crippen LogP contribution in [-0.2, 0) is 9.59 Å². The third kappa shape index (κ3) is 5.22. The number of hydrogen-bond acceptors (Lipinski definition) is 3. The van der Waals surface area contributed by atoms with Crippen LogP contribution in [0.3, 0.4) is 0 Å². The molecule has 1 N–H and O–H groups in total. The molecule has 0 spiro atoms. The van der Waals surface area contributed by atoms with Gasteiger partial charge in [0.25, 0.3) is 0 Å². The van der Waals surface area contributed by atoms with Crippen LogP contribution >= 0.6 is 0 Å². The maximum absolute atomic E-state index is 10.3. The lowest BCUT2D eigenvalue weighted by Crippen LogP contribution is -2.23. The van der Waals surface area contributed by atoms with Gasteiger partial charge < -0.3 is 14.5 Å². The number of rotatable bonds is 4. The monoisotopic (exact) mass is 288 g/mol. The topological polar surface area (TPSA) is 72.2 Å². The molecule has 112 valence electrons. The van der Waals surface area contributed by atoms with Crippen molar-refractivity contribution in [3.8, 4) is 5.69 Å². The number of aliphatic carboxylic acids is 1. The predicted octanol–water partition coefficient (Wildman–Crippen LogP) is 2.87. The fourth-order valence-corrected chi connectivity index (χ4v) is 1.42. The number of aryl methyl sites for hydroxylation is 1. The number of imidazole rings is 1. The number of carboxylic acid groups (broad SMARTS) is 1. The molecule has 0 aliphatic rings. The lowest BCUT2D eigenvalue weighted by atomic mass is 9.91. The average Bonchev–Trinajstić information content (AvgIpc) is 2.94. The molecule has 1 heterocycles. The molecule has 5 heteroatoms. The molecule has 0 amide bonds. The van der Waals surface area contributed by atoms with Crippen molar-refractivity contribution in [2.75, 3.05) is 0 Å². The van der Waals surface area contributed by atoms with Gasteiger partial charge in [0, 0.05) is 24.5 Å². The van der Waals surface area contributed by atoms with Gasteiger partial charge in [0.15, 0.2) is 0 Å². The lowest BCUT2D eigenvalue weighted by Gasteiger charge is -2.13. The van der Waals surface area contributed by atoms with Crippen molar-refractivity contribution >= 4 is 12.3 Å². The number of hydrogen-bond donors (Lipinski definition) is 1. The van der Waals surface area contributed by atoms with Crippen molar-refractivity contribution in [1.82, 2.24) is 9.55 Å². The van der Waals surface area contributed by atoms with Gasteiger partial charge >= 0.3 is 5.97 Å². The van der Waals surface area contributed by atoms with Crippen LogP contribution in [-0.4, -0.2) is 26.9 Å². The second-order valence-corrected chi connectivity index (χ2v) is 5.37. The standard InChI is InChI=1S/C10H10N2.C6H10O3/c1-9-2-4-10(5-3-9)12-7-6-11-8-12;1-6(2,3-4-7)5(8)9/h2-8H,1H3;4H,3H2,1-2H3,(H,8,9). The molecule has 0 unspecified atom stereocenters. The minimum Gasteiger partial charge on any atom is -0.481 e. The Hall–Kier alpha value is -2.43. The van der Waals surface area contributed by atoms with Crippen molar-refractivity contribution in [3.05, 3.63) is 48.5 Å². The molecule has 1 aromatic carbocycles. The van der Waals surface area contributed by atoms with Gasteiger partial charge in [0.2, 0.25) is 0 Å². The summed E-state index contributed by atoms with van der Waals surface area (Å²) in [5.74, 6) is -0.936. The first-order chi connectivity index (χ1) is 9.86. The van der Waals surface area contributed by atoms with E-state index in [9.17, 15) is 9.59 Å². The van der Waals surface area contributed by atoms with Gasteiger partial charge in [-0.2, -0.15) is 0 Å². The molecule has 0 atom stereocenters. The van der Waals surface area contributed by atoms with E-state index in [0.29, 0.717) is 6.29 Å². The summed E-state index contributed by atoms with van der Waals surface area (Å²) >= 11 is 0. The van der Waals surface area contributed by atoms with Gasteiger partial charge in [-0.3, -0.25) is 4.79 Å². The second-order valence-electron chi connectivity index (χ2n) is 5.37. The van der Waals surface area contributed by atoms with Crippen molar-refractivity contribution in [1.29, 1.82) is 0 Å². The minimum atomic E-state index is -0.936. The third-order valence-corrected chi connectivity index (χ3v) is 3.01. The highest BCUT2D eigenvalue weighted by atomic mass is 16.4. The molecule has 5 nitrogen and oxygen atoms in total. The zero-order valence-corrected chi connectivity index (χ0v) is 12.5. The van der Waals surface area contributed by atoms with Crippen molar-refractivity contribution in [2.24, 2.45) is 5.41 Å². The van der Waals surface area contributed by atoms with Crippen molar-refractivity contribution in [3.63, 3.8) is 0 Å². The van der Waals surface area contributed by atoms with E-state index in [1.807, 2.05) is 10.8 Å². The highest BCUT2D eigenvalue weighted by Gasteiger charge is 2.25. The quantitative estimate of drug-likeness (QED) is 0.878. The summed E-state index contributed by atoms with van der Waals surface area (Å²) in [5.41, 5.74) is 1.53. The summed E-state index contributed by atoms with van der Waals surface area (Å²) in [6.07, 6.45) is 6.20. The zero-order valence-electron chi connectivity index (χ0n) is 12.5. The Morgan fingerprint density at radius 1 is 1.33 bits per heavy atom. The SMILES string of the molecule is CC(C)(CC=O)C(=O)O.Cc1ccc(-n2ccnc2)cc1. The Labute approximate surface area is 124 Å². The smallest absolute Gasteiger partial charge is 0.309 e. The molecule has 2 aromatic rings. The van der Waals surface area contributed by atoms with Crippen LogP contribution in [0.4, 0.5) is 0 Å². The molecule has 0 saturated carbocycles. The van der Waals surface area contributed by atoms with Crippen LogP contribution < -0.4 is 0 Å². The van der Waals surface area contributed by atoms with Crippen LogP contribution in [0.5, 0.6) is 0 Å². The fourth-order valence-electron chi connectivity index (χ4n) is 1.42. The molecule has 0 aliphatic carbocycles. The number of carbonyl (C=O) groups excluding carboxylic acids is 1. The summed E-state index contributed by atoms with van der Waals surface area (Å²) in [6, 6.07) is 8.35. The van der Waals surface area contributed by atoms with Crippen LogP contribution in [0.1, 0.15) is 25.8 Å². The average molecular weight is 288 g/mol. The first kappa shape index (κ1) is 16.6. The Balaban J connectivity index is 0.000000222. The van der Waals surface area contributed by atoms with E-state index in [2.05, 4.69) is 36.2 Å². The molecule has 1 aromatic heterocycles. The number of nitrogens with zero attached hydrogens (tertiary/aromatic N) is 2.